The molecule has 2 aromatic carbocycles. The first-order valence-electron chi connectivity index (χ1n) is 8.39. The van der Waals surface area contributed by atoms with Gasteiger partial charge in [0.15, 0.2) is 0 Å². The summed E-state index contributed by atoms with van der Waals surface area (Å²) in [6.07, 6.45) is 0.699. The highest BCUT2D eigenvalue weighted by Gasteiger charge is 2.19. The van der Waals surface area contributed by atoms with Crippen LogP contribution in [-0.4, -0.2) is 39.2 Å². The molecule has 6 heteroatoms. The quantitative estimate of drug-likeness (QED) is 0.761. The van der Waals surface area contributed by atoms with E-state index in [0.29, 0.717) is 23.8 Å². The molecule has 0 aliphatic carbocycles. The molecule has 0 unspecified atom stereocenters. The number of aryl methyl sites for hydroxylation is 1. The third-order valence-electron chi connectivity index (χ3n) is 4.33. The predicted octanol–water partition coefficient (Wildman–Crippen LogP) is 3.45. The molecule has 0 spiro atoms. The number of hydrogen-bond acceptors (Lipinski definition) is 5. The van der Waals surface area contributed by atoms with Crippen molar-refractivity contribution in [1.29, 1.82) is 0 Å². The molecule has 134 valence electrons. The summed E-state index contributed by atoms with van der Waals surface area (Å²) in [4.78, 5) is 14.6. The zero-order valence-corrected chi connectivity index (χ0v) is 15.0. The highest BCUT2D eigenvalue weighted by Crippen LogP contribution is 2.20. The largest absolute Gasteiger partial charge is 0.508 e. The Hall–Kier alpha value is -3.15. The summed E-state index contributed by atoms with van der Waals surface area (Å²) in [5, 5.41) is 17.2. The van der Waals surface area contributed by atoms with E-state index in [2.05, 4.69) is 10.2 Å². The maximum atomic E-state index is 12.8. The van der Waals surface area contributed by atoms with Crippen LogP contribution in [0.5, 0.6) is 5.75 Å². The van der Waals surface area contributed by atoms with Crippen molar-refractivity contribution in [2.24, 2.45) is 0 Å². The van der Waals surface area contributed by atoms with Gasteiger partial charge in [-0.1, -0.05) is 18.2 Å². The number of aromatic hydroxyl groups is 1. The standard InChI is InChI=1S/C20H21N3O3/c1-13(11-15-7-9-18(24)10-8-15)23(3)20(25)17-6-4-5-16(12-17)19-22-21-14(2)26-19/h4-10,12-13,24H,11H2,1-3H3/t13-/m0/s1. The molecule has 3 aromatic rings. The first kappa shape index (κ1) is 17.7. The molecule has 0 fully saturated rings. The minimum atomic E-state index is -0.0747. The summed E-state index contributed by atoms with van der Waals surface area (Å²) < 4.78 is 5.43. The van der Waals surface area contributed by atoms with Crippen LogP contribution < -0.4 is 0 Å². The van der Waals surface area contributed by atoms with Gasteiger partial charge >= 0.3 is 0 Å². The van der Waals surface area contributed by atoms with Crippen molar-refractivity contribution in [3.63, 3.8) is 0 Å². The van der Waals surface area contributed by atoms with Crippen LogP contribution in [0.3, 0.4) is 0 Å². The van der Waals surface area contributed by atoms with E-state index in [1.807, 2.05) is 25.1 Å². The van der Waals surface area contributed by atoms with Crippen LogP contribution in [0.4, 0.5) is 0 Å². The Balaban J connectivity index is 1.74. The van der Waals surface area contributed by atoms with Gasteiger partial charge in [0.05, 0.1) is 0 Å². The zero-order chi connectivity index (χ0) is 18.7. The summed E-state index contributed by atoms with van der Waals surface area (Å²) in [5.41, 5.74) is 2.35. The van der Waals surface area contributed by atoms with Crippen molar-refractivity contribution < 1.29 is 14.3 Å². The van der Waals surface area contributed by atoms with Gasteiger partial charge in [-0.15, -0.1) is 10.2 Å². The fourth-order valence-corrected chi connectivity index (χ4v) is 2.71. The van der Waals surface area contributed by atoms with Crippen LogP contribution in [0.25, 0.3) is 11.5 Å². The van der Waals surface area contributed by atoms with E-state index in [0.717, 1.165) is 11.1 Å². The van der Waals surface area contributed by atoms with Gasteiger partial charge in [0.25, 0.3) is 5.91 Å². The second-order valence-electron chi connectivity index (χ2n) is 6.34. The van der Waals surface area contributed by atoms with Gasteiger partial charge in [-0.25, -0.2) is 0 Å². The number of nitrogens with zero attached hydrogens (tertiary/aromatic N) is 3. The van der Waals surface area contributed by atoms with Gasteiger partial charge in [-0.3, -0.25) is 4.79 Å². The van der Waals surface area contributed by atoms with Crippen LogP contribution in [0, 0.1) is 6.92 Å². The number of benzene rings is 2. The first-order valence-corrected chi connectivity index (χ1v) is 8.39. The number of amides is 1. The molecule has 1 amide bonds. The van der Waals surface area contributed by atoms with Crippen LogP contribution >= 0.6 is 0 Å². The minimum absolute atomic E-state index is 0.00125. The van der Waals surface area contributed by atoms with Crippen molar-refractivity contribution in [2.75, 3.05) is 7.05 Å². The molecule has 1 N–H and O–H groups in total. The molecule has 1 atom stereocenters. The fraction of sp³-hybridized carbons (Fsp3) is 0.250. The molecular formula is C20H21N3O3. The third-order valence-corrected chi connectivity index (χ3v) is 4.33. The average molecular weight is 351 g/mol. The topological polar surface area (TPSA) is 79.5 Å². The smallest absolute Gasteiger partial charge is 0.253 e. The number of phenols is 1. The molecule has 6 nitrogen and oxygen atoms in total. The molecule has 0 bridgehead atoms. The first-order chi connectivity index (χ1) is 12.4. The lowest BCUT2D eigenvalue weighted by molar-refractivity contribution is 0.0743. The lowest BCUT2D eigenvalue weighted by atomic mass is 10.0. The number of likely N-dealkylation sites (N-methyl/N-ethyl adjacent to an activating group) is 1. The summed E-state index contributed by atoms with van der Waals surface area (Å²) in [5.74, 6) is 1.04. The zero-order valence-electron chi connectivity index (χ0n) is 15.0. The highest BCUT2D eigenvalue weighted by molar-refractivity contribution is 5.95. The van der Waals surface area contributed by atoms with E-state index in [1.165, 1.54) is 0 Å². The molecular weight excluding hydrogens is 330 g/mol. The molecule has 0 aliphatic rings. The second kappa shape index (κ2) is 7.39. The van der Waals surface area contributed by atoms with Gasteiger partial charge in [-0.2, -0.15) is 0 Å². The number of carbonyl (C=O) groups is 1. The second-order valence-corrected chi connectivity index (χ2v) is 6.34. The number of aromatic nitrogens is 2. The molecule has 0 saturated heterocycles. The van der Waals surface area contributed by atoms with Crippen LogP contribution in [0.2, 0.25) is 0 Å². The maximum absolute atomic E-state index is 12.8. The van der Waals surface area contributed by atoms with E-state index < -0.39 is 0 Å². The number of carbonyl (C=O) groups excluding carboxylic acids is 1. The van der Waals surface area contributed by atoms with Crippen molar-refractivity contribution in [3.05, 3.63) is 65.5 Å². The molecule has 1 aromatic heterocycles. The van der Waals surface area contributed by atoms with Crippen molar-refractivity contribution in [3.8, 4) is 17.2 Å². The van der Waals surface area contributed by atoms with E-state index in [4.69, 9.17) is 4.42 Å². The summed E-state index contributed by atoms with van der Waals surface area (Å²) >= 11 is 0. The van der Waals surface area contributed by atoms with Crippen molar-refractivity contribution in [2.45, 2.75) is 26.3 Å². The Morgan fingerprint density at radius 2 is 1.92 bits per heavy atom. The lowest BCUT2D eigenvalue weighted by Crippen LogP contribution is -2.36. The number of hydrogen-bond donors (Lipinski definition) is 1. The summed E-state index contributed by atoms with van der Waals surface area (Å²) in [6.45, 7) is 3.72. The Labute approximate surface area is 152 Å². The molecule has 0 aliphatic heterocycles. The predicted molar refractivity (Wildman–Crippen MR) is 97.8 cm³/mol. The monoisotopic (exact) mass is 351 g/mol. The lowest BCUT2D eigenvalue weighted by Gasteiger charge is -2.25. The molecule has 0 radical (unpaired) electrons. The van der Waals surface area contributed by atoms with Crippen LogP contribution in [0.15, 0.2) is 52.9 Å². The van der Waals surface area contributed by atoms with Gasteiger partial charge in [0, 0.05) is 31.1 Å². The maximum Gasteiger partial charge on any atom is 0.253 e. The molecule has 3 rings (SSSR count). The third kappa shape index (κ3) is 3.91. The Kier molecular flexibility index (Phi) is 5.02. The van der Waals surface area contributed by atoms with Crippen LogP contribution in [-0.2, 0) is 6.42 Å². The van der Waals surface area contributed by atoms with E-state index in [1.54, 1.807) is 49.2 Å². The van der Waals surface area contributed by atoms with E-state index in [9.17, 15) is 9.90 Å². The average Bonchev–Trinajstić information content (AvgIpc) is 3.09. The number of rotatable bonds is 5. The van der Waals surface area contributed by atoms with Crippen molar-refractivity contribution >= 4 is 5.91 Å². The van der Waals surface area contributed by atoms with Gasteiger partial charge in [0.2, 0.25) is 11.8 Å². The molecule has 0 saturated carbocycles. The summed E-state index contributed by atoms with van der Waals surface area (Å²) in [7, 11) is 1.79. The van der Waals surface area contributed by atoms with E-state index in [-0.39, 0.29) is 17.7 Å². The Morgan fingerprint density at radius 1 is 1.19 bits per heavy atom. The summed E-state index contributed by atoms with van der Waals surface area (Å²) in [6, 6.07) is 14.2. The van der Waals surface area contributed by atoms with Gasteiger partial charge in [0.1, 0.15) is 5.75 Å². The van der Waals surface area contributed by atoms with Gasteiger partial charge in [-0.05, 0) is 49.2 Å². The minimum Gasteiger partial charge on any atom is -0.508 e. The normalized spacial score (nSPS) is 12.0. The SMILES string of the molecule is Cc1nnc(-c2cccc(C(=O)N(C)[C@@H](C)Cc3ccc(O)cc3)c2)o1. The molecule has 1 heterocycles. The number of phenolic OH excluding ortho intramolecular Hbond substituents is 1. The van der Waals surface area contributed by atoms with E-state index >= 15 is 0 Å². The van der Waals surface area contributed by atoms with Crippen LogP contribution in [0.1, 0.15) is 28.7 Å². The highest BCUT2D eigenvalue weighted by atomic mass is 16.4. The fourth-order valence-electron chi connectivity index (χ4n) is 2.71. The Bertz CT molecular complexity index is 903. The van der Waals surface area contributed by atoms with Gasteiger partial charge < -0.3 is 14.4 Å². The van der Waals surface area contributed by atoms with Crippen molar-refractivity contribution in [1.82, 2.24) is 15.1 Å². The molecule has 26 heavy (non-hydrogen) atoms. The Morgan fingerprint density at radius 3 is 2.58 bits per heavy atom.